The quantitative estimate of drug-likeness (QED) is 0.809. The summed E-state index contributed by atoms with van der Waals surface area (Å²) in [6, 6.07) is 9.52. The van der Waals surface area contributed by atoms with Gasteiger partial charge < -0.3 is 10.1 Å². The van der Waals surface area contributed by atoms with Gasteiger partial charge in [-0.25, -0.2) is 4.98 Å². The Morgan fingerprint density at radius 2 is 2.06 bits per heavy atom. The maximum absolute atomic E-state index is 5.89. The smallest absolute Gasteiger partial charge is 0.142 e. The molecule has 0 bridgehead atoms. The predicted octanol–water partition coefficient (Wildman–Crippen LogP) is 1.94. The van der Waals surface area contributed by atoms with Crippen LogP contribution in [0.2, 0.25) is 0 Å². The summed E-state index contributed by atoms with van der Waals surface area (Å²) in [7, 11) is 7.53. The van der Waals surface area contributed by atoms with E-state index in [9.17, 15) is 0 Å². The molecule has 1 aromatic heterocycles. The molecular weight excluding hydrogens is 211 g/mol. The Morgan fingerprint density at radius 3 is 2.76 bits per heavy atom. The SMILES string of the molecule is [B]c1cc(C)cnc1Nc1ccccc1OC. The van der Waals surface area contributed by atoms with E-state index in [1.807, 2.05) is 37.3 Å². The summed E-state index contributed by atoms with van der Waals surface area (Å²) in [4.78, 5) is 4.26. The van der Waals surface area contributed by atoms with Crippen LogP contribution in [0.5, 0.6) is 5.75 Å². The van der Waals surface area contributed by atoms with E-state index in [1.54, 1.807) is 13.3 Å². The number of pyridine rings is 1. The Kier molecular flexibility index (Phi) is 3.33. The summed E-state index contributed by atoms with van der Waals surface area (Å²) >= 11 is 0. The van der Waals surface area contributed by atoms with Crippen LogP contribution in [0.3, 0.4) is 0 Å². The Balaban J connectivity index is 2.31. The number of para-hydroxylation sites is 2. The van der Waals surface area contributed by atoms with Crippen molar-refractivity contribution in [2.45, 2.75) is 6.92 Å². The number of aromatic nitrogens is 1. The number of anilines is 2. The van der Waals surface area contributed by atoms with Crippen molar-refractivity contribution < 1.29 is 4.74 Å². The molecule has 84 valence electrons. The third-order valence-electron chi connectivity index (χ3n) is 2.41. The number of hydrogen-bond acceptors (Lipinski definition) is 3. The number of nitrogens with one attached hydrogen (secondary N) is 1. The molecule has 1 aromatic carbocycles. The molecular formula is C13H13BN2O. The van der Waals surface area contributed by atoms with E-state index < -0.39 is 0 Å². The molecule has 0 spiro atoms. The number of benzene rings is 1. The second-order valence-electron chi connectivity index (χ2n) is 3.78. The van der Waals surface area contributed by atoms with Gasteiger partial charge in [-0.15, -0.1) is 0 Å². The highest BCUT2D eigenvalue weighted by Gasteiger charge is 2.04. The molecule has 0 aliphatic heterocycles. The number of rotatable bonds is 3. The monoisotopic (exact) mass is 224 g/mol. The zero-order valence-electron chi connectivity index (χ0n) is 9.90. The van der Waals surface area contributed by atoms with Crippen molar-refractivity contribution in [1.29, 1.82) is 0 Å². The minimum Gasteiger partial charge on any atom is -0.495 e. The van der Waals surface area contributed by atoms with Crippen LogP contribution < -0.4 is 15.5 Å². The highest BCUT2D eigenvalue weighted by atomic mass is 16.5. The summed E-state index contributed by atoms with van der Waals surface area (Å²) in [5.41, 5.74) is 2.50. The topological polar surface area (TPSA) is 34.2 Å². The van der Waals surface area contributed by atoms with Gasteiger partial charge in [-0.1, -0.05) is 23.7 Å². The fourth-order valence-corrected chi connectivity index (χ4v) is 1.57. The van der Waals surface area contributed by atoms with Gasteiger partial charge >= 0.3 is 0 Å². The molecule has 2 rings (SSSR count). The van der Waals surface area contributed by atoms with Gasteiger partial charge in [0.05, 0.1) is 12.8 Å². The summed E-state index contributed by atoms with van der Waals surface area (Å²) in [6.45, 7) is 1.95. The first-order valence-electron chi connectivity index (χ1n) is 5.33. The van der Waals surface area contributed by atoms with E-state index in [2.05, 4.69) is 10.3 Å². The first kappa shape index (κ1) is 11.5. The van der Waals surface area contributed by atoms with Gasteiger partial charge in [-0.05, 0) is 24.6 Å². The van der Waals surface area contributed by atoms with E-state index in [0.29, 0.717) is 11.3 Å². The summed E-state index contributed by atoms with van der Waals surface area (Å²) in [6.07, 6.45) is 1.77. The third kappa shape index (κ3) is 2.59. The van der Waals surface area contributed by atoms with Crippen LogP contribution >= 0.6 is 0 Å². The lowest BCUT2D eigenvalue weighted by Crippen LogP contribution is -2.12. The summed E-state index contributed by atoms with van der Waals surface area (Å²) in [5, 5.41) is 3.16. The molecule has 1 N–H and O–H groups in total. The van der Waals surface area contributed by atoms with Crippen LogP contribution in [-0.4, -0.2) is 19.9 Å². The molecule has 0 fully saturated rings. The van der Waals surface area contributed by atoms with E-state index in [4.69, 9.17) is 12.6 Å². The van der Waals surface area contributed by atoms with Gasteiger partial charge in [-0.3, -0.25) is 0 Å². The molecule has 0 atom stereocenters. The lowest BCUT2D eigenvalue weighted by atomic mass is 9.95. The fourth-order valence-electron chi connectivity index (χ4n) is 1.57. The minimum absolute atomic E-state index is 0.621. The van der Waals surface area contributed by atoms with Crippen LogP contribution in [-0.2, 0) is 0 Å². The van der Waals surface area contributed by atoms with Crippen LogP contribution in [0.4, 0.5) is 11.5 Å². The Morgan fingerprint density at radius 1 is 1.29 bits per heavy atom. The zero-order chi connectivity index (χ0) is 12.3. The lowest BCUT2D eigenvalue weighted by molar-refractivity contribution is 0.417. The van der Waals surface area contributed by atoms with Gasteiger partial charge in [0.1, 0.15) is 19.4 Å². The molecule has 2 aromatic rings. The van der Waals surface area contributed by atoms with Crippen LogP contribution in [0, 0.1) is 6.92 Å². The highest BCUT2D eigenvalue weighted by molar-refractivity contribution is 6.35. The molecule has 1 heterocycles. The third-order valence-corrected chi connectivity index (χ3v) is 2.41. The number of hydrogen-bond donors (Lipinski definition) is 1. The number of aryl methyl sites for hydroxylation is 1. The minimum atomic E-state index is 0.621. The largest absolute Gasteiger partial charge is 0.495 e. The normalized spacial score (nSPS) is 10.0. The van der Waals surface area contributed by atoms with Gasteiger partial charge in [0.2, 0.25) is 0 Å². The molecule has 4 heteroatoms. The van der Waals surface area contributed by atoms with E-state index in [-0.39, 0.29) is 0 Å². The second kappa shape index (κ2) is 4.91. The fraction of sp³-hybridized carbons (Fsp3) is 0.154. The average molecular weight is 224 g/mol. The molecule has 0 unspecified atom stereocenters. The van der Waals surface area contributed by atoms with E-state index in [0.717, 1.165) is 17.0 Å². The lowest BCUT2D eigenvalue weighted by Gasteiger charge is -2.12. The van der Waals surface area contributed by atoms with Crippen molar-refractivity contribution in [3.8, 4) is 5.75 Å². The predicted molar refractivity (Wildman–Crippen MR) is 70.6 cm³/mol. The molecule has 0 amide bonds. The standard InChI is InChI=1S/C13H13BN2O/c1-9-7-10(14)13(15-8-9)16-11-5-3-4-6-12(11)17-2/h3-8H,1-2H3,(H,15,16). The summed E-state index contributed by atoms with van der Waals surface area (Å²) in [5.74, 6) is 1.40. The van der Waals surface area contributed by atoms with Crippen molar-refractivity contribution in [1.82, 2.24) is 4.98 Å². The average Bonchev–Trinajstić information content (AvgIpc) is 2.33. The molecule has 2 radical (unpaired) electrons. The Bertz CT molecular complexity index is 529. The molecule has 3 nitrogen and oxygen atoms in total. The first-order valence-corrected chi connectivity index (χ1v) is 5.33. The maximum Gasteiger partial charge on any atom is 0.142 e. The van der Waals surface area contributed by atoms with Crippen LogP contribution in [0.1, 0.15) is 5.56 Å². The molecule has 0 saturated carbocycles. The Labute approximate surface area is 102 Å². The second-order valence-corrected chi connectivity index (χ2v) is 3.78. The first-order chi connectivity index (χ1) is 8.20. The van der Waals surface area contributed by atoms with Crippen molar-refractivity contribution in [2.75, 3.05) is 12.4 Å². The van der Waals surface area contributed by atoms with Crippen molar-refractivity contribution in [3.63, 3.8) is 0 Å². The van der Waals surface area contributed by atoms with Gasteiger partial charge in [-0.2, -0.15) is 0 Å². The molecule has 0 saturated heterocycles. The van der Waals surface area contributed by atoms with Gasteiger partial charge in [0, 0.05) is 6.20 Å². The molecule has 0 aliphatic carbocycles. The van der Waals surface area contributed by atoms with Crippen LogP contribution in [0.25, 0.3) is 0 Å². The van der Waals surface area contributed by atoms with Crippen molar-refractivity contribution in [3.05, 3.63) is 42.1 Å². The van der Waals surface area contributed by atoms with Crippen molar-refractivity contribution >= 4 is 24.8 Å². The van der Waals surface area contributed by atoms with E-state index in [1.165, 1.54) is 0 Å². The van der Waals surface area contributed by atoms with Crippen molar-refractivity contribution in [2.24, 2.45) is 0 Å². The summed E-state index contributed by atoms with van der Waals surface area (Å²) < 4.78 is 5.25. The highest BCUT2D eigenvalue weighted by Crippen LogP contribution is 2.25. The zero-order valence-corrected chi connectivity index (χ0v) is 9.90. The molecule has 17 heavy (non-hydrogen) atoms. The Hall–Kier alpha value is -1.97. The van der Waals surface area contributed by atoms with Gasteiger partial charge in [0.25, 0.3) is 0 Å². The molecule has 0 aliphatic rings. The maximum atomic E-state index is 5.89. The van der Waals surface area contributed by atoms with E-state index >= 15 is 0 Å². The van der Waals surface area contributed by atoms with Gasteiger partial charge in [0.15, 0.2) is 0 Å². The van der Waals surface area contributed by atoms with Crippen LogP contribution in [0.15, 0.2) is 36.5 Å². The number of ether oxygens (including phenoxy) is 1. The number of nitrogens with zero attached hydrogens (tertiary/aromatic N) is 1. The number of methoxy groups -OCH3 is 1.